The van der Waals surface area contributed by atoms with Crippen molar-refractivity contribution in [2.24, 2.45) is 0 Å². The van der Waals surface area contributed by atoms with Crippen LogP contribution in [0.15, 0.2) is 182 Å². The number of hydrogen-bond acceptors (Lipinski definition) is 3. The molecule has 0 spiro atoms. The first-order valence-electron chi connectivity index (χ1n) is 14.6. The third-order valence-electron chi connectivity index (χ3n) is 8.28. The molecule has 0 aliphatic carbocycles. The van der Waals surface area contributed by atoms with E-state index in [1.165, 1.54) is 21.6 Å². The van der Waals surface area contributed by atoms with Gasteiger partial charge < -0.3 is 0 Å². The fourth-order valence-corrected chi connectivity index (χ4v) is 12.0. The summed E-state index contributed by atoms with van der Waals surface area (Å²) in [5.74, 6) is 0. The maximum absolute atomic E-state index is 2.88. The van der Waals surface area contributed by atoms with Gasteiger partial charge in [0.15, 0.2) is 0 Å². The smallest absolute Gasteiger partial charge is 0.256 e. The van der Waals surface area contributed by atoms with Crippen molar-refractivity contribution in [2.45, 2.75) is 5.54 Å². The quantitative estimate of drug-likeness (QED) is 0.197. The zero-order valence-electron chi connectivity index (χ0n) is 23.4. The highest BCUT2D eigenvalue weighted by molar-refractivity contribution is 7.06. The average molecular weight is 560 g/mol. The van der Waals surface area contributed by atoms with Crippen LogP contribution in [-0.2, 0) is 0 Å². The topological polar surface area (TPSA) is 9.72 Å². The predicted molar refractivity (Wildman–Crippen MR) is 179 cm³/mol. The van der Waals surface area contributed by atoms with Gasteiger partial charge in [0, 0.05) is 12.1 Å². The van der Waals surface area contributed by atoms with Crippen LogP contribution in [0.1, 0.15) is 11.1 Å². The Kier molecular flexibility index (Phi) is 7.04. The van der Waals surface area contributed by atoms with Gasteiger partial charge in [0.05, 0.1) is 17.1 Å². The standard InChI is InChI=1S/C38H33N3Si/c1-7-19-32(20-8-1)38-31-39(33-21-9-2-10-22-33)40(34-23-11-3-12-24-34)41(35-25-13-4-14-26-35)42(38,36-27-15-5-16-28-36)37-29-17-6-18-30-37/h1-30,38H,31H2. The molecular weight excluding hydrogens is 527 g/mol. The highest BCUT2D eigenvalue weighted by atomic mass is 28.3. The molecule has 1 saturated heterocycles. The van der Waals surface area contributed by atoms with Crippen molar-refractivity contribution < 1.29 is 0 Å². The number of rotatable bonds is 6. The molecule has 6 aromatic rings. The lowest BCUT2D eigenvalue weighted by Crippen LogP contribution is -2.84. The first-order valence-corrected chi connectivity index (χ1v) is 16.6. The molecule has 0 aromatic heterocycles. The van der Waals surface area contributed by atoms with Crippen molar-refractivity contribution in [3.8, 4) is 0 Å². The molecule has 7 rings (SSSR count). The maximum Gasteiger partial charge on any atom is 0.256 e. The minimum absolute atomic E-state index is 0.198. The van der Waals surface area contributed by atoms with E-state index in [-0.39, 0.29) is 5.54 Å². The lowest BCUT2D eigenvalue weighted by atomic mass is 10.1. The Morgan fingerprint density at radius 1 is 0.405 bits per heavy atom. The van der Waals surface area contributed by atoms with Crippen LogP contribution >= 0.6 is 0 Å². The van der Waals surface area contributed by atoms with Gasteiger partial charge in [-0.15, -0.1) is 0 Å². The molecule has 0 bridgehead atoms. The molecule has 1 aliphatic heterocycles. The van der Waals surface area contributed by atoms with Crippen LogP contribution in [-0.4, -0.2) is 14.8 Å². The number of benzene rings is 6. The molecule has 1 atom stereocenters. The van der Waals surface area contributed by atoms with E-state index in [1.54, 1.807) is 0 Å². The second kappa shape index (κ2) is 11.4. The Morgan fingerprint density at radius 2 is 0.786 bits per heavy atom. The van der Waals surface area contributed by atoms with Crippen LogP contribution in [0.4, 0.5) is 17.1 Å². The molecule has 3 nitrogen and oxygen atoms in total. The van der Waals surface area contributed by atoms with Gasteiger partial charge >= 0.3 is 0 Å². The molecule has 42 heavy (non-hydrogen) atoms. The van der Waals surface area contributed by atoms with E-state index in [2.05, 4.69) is 197 Å². The summed E-state index contributed by atoms with van der Waals surface area (Å²) in [7, 11) is -2.88. The van der Waals surface area contributed by atoms with Gasteiger partial charge in [-0.2, -0.15) is 5.12 Å². The zero-order valence-corrected chi connectivity index (χ0v) is 24.4. The predicted octanol–water partition coefficient (Wildman–Crippen LogP) is 7.43. The van der Waals surface area contributed by atoms with Crippen molar-refractivity contribution in [3.63, 3.8) is 0 Å². The molecule has 0 saturated carbocycles. The van der Waals surface area contributed by atoms with Gasteiger partial charge in [0.1, 0.15) is 0 Å². The summed E-state index contributed by atoms with van der Waals surface area (Å²) in [6.45, 7) is 0.822. The van der Waals surface area contributed by atoms with Crippen LogP contribution in [0.3, 0.4) is 0 Å². The van der Waals surface area contributed by atoms with Gasteiger partial charge in [-0.25, -0.2) is 0 Å². The molecule has 0 amide bonds. The highest BCUT2D eigenvalue weighted by Crippen LogP contribution is 2.43. The minimum Gasteiger partial charge on any atom is -0.284 e. The molecule has 1 unspecified atom stereocenters. The van der Waals surface area contributed by atoms with Gasteiger partial charge in [0.25, 0.3) is 8.24 Å². The van der Waals surface area contributed by atoms with Gasteiger partial charge in [-0.1, -0.05) is 146 Å². The van der Waals surface area contributed by atoms with Crippen molar-refractivity contribution in [2.75, 3.05) is 21.3 Å². The Labute approximate surface area is 249 Å². The second-order valence-corrected chi connectivity index (χ2v) is 14.5. The fraction of sp³-hybridized carbons (Fsp3) is 0.0526. The first-order chi connectivity index (χ1) is 20.9. The van der Waals surface area contributed by atoms with Crippen LogP contribution in [0.2, 0.25) is 0 Å². The number of hydrogen-bond donors (Lipinski definition) is 0. The molecule has 1 fully saturated rings. The van der Waals surface area contributed by atoms with Gasteiger partial charge in [-0.05, 0) is 52.3 Å². The average Bonchev–Trinajstić information content (AvgIpc) is 3.09. The lowest BCUT2D eigenvalue weighted by molar-refractivity contribution is 0.658. The Balaban J connectivity index is 1.63. The lowest BCUT2D eigenvalue weighted by Gasteiger charge is -2.61. The Bertz CT molecular complexity index is 1620. The summed E-state index contributed by atoms with van der Waals surface area (Å²) < 4.78 is 2.67. The van der Waals surface area contributed by atoms with E-state index < -0.39 is 8.24 Å². The summed E-state index contributed by atoms with van der Waals surface area (Å²) >= 11 is 0. The SMILES string of the molecule is c1ccc(C2CN(c3ccccc3)N(c3ccccc3)N(c3ccccc3)[Si]2(c2ccccc2)c2ccccc2)cc1. The van der Waals surface area contributed by atoms with E-state index in [9.17, 15) is 0 Å². The van der Waals surface area contributed by atoms with Crippen molar-refractivity contribution in [3.05, 3.63) is 188 Å². The third-order valence-corrected chi connectivity index (χ3v) is 13.4. The molecule has 204 valence electrons. The van der Waals surface area contributed by atoms with Gasteiger partial charge in [-0.3, -0.25) is 9.68 Å². The maximum atomic E-state index is 2.67. The summed E-state index contributed by atoms with van der Waals surface area (Å²) in [6.07, 6.45) is 0. The Hall–Kier alpha value is -5.06. The van der Waals surface area contributed by atoms with Crippen LogP contribution in [0.25, 0.3) is 0 Å². The van der Waals surface area contributed by atoms with Crippen LogP contribution < -0.4 is 25.2 Å². The van der Waals surface area contributed by atoms with Crippen molar-refractivity contribution in [1.29, 1.82) is 0 Å². The van der Waals surface area contributed by atoms with Crippen LogP contribution in [0.5, 0.6) is 0 Å². The van der Waals surface area contributed by atoms with E-state index in [0.717, 1.165) is 17.9 Å². The number of nitrogens with zero attached hydrogens (tertiary/aromatic N) is 3. The van der Waals surface area contributed by atoms with Gasteiger partial charge in [0.2, 0.25) is 0 Å². The number of anilines is 3. The molecule has 0 radical (unpaired) electrons. The summed E-state index contributed by atoms with van der Waals surface area (Å²) in [5.41, 5.74) is 5.00. The van der Waals surface area contributed by atoms with E-state index in [0.29, 0.717) is 0 Å². The number of para-hydroxylation sites is 3. The monoisotopic (exact) mass is 559 g/mol. The molecular formula is C38H33N3Si. The van der Waals surface area contributed by atoms with E-state index >= 15 is 0 Å². The minimum atomic E-state index is -2.88. The molecule has 1 heterocycles. The number of hydrazine groups is 2. The summed E-state index contributed by atoms with van der Waals surface area (Å²) in [5, 5.41) is 7.68. The first kappa shape index (κ1) is 25.9. The van der Waals surface area contributed by atoms with E-state index in [1.807, 2.05) is 0 Å². The molecule has 4 heteroatoms. The largest absolute Gasteiger partial charge is 0.284 e. The third kappa shape index (κ3) is 4.46. The van der Waals surface area contributed by atoms with E-state index in [4.69, 9.17) is 0 Å². The van der Waals surface area contributed by atoms with Crippen LogP contribution in [0, 0.1) is 0 Å². The second-order valence-electron chi connectivity index (χ2n) is 10.7. The molecule has 1 aliphatic rings. The van der Waals surface area contributed by atoms with Crippen molar-refractivity contribution >= 4 is 35.7 Å². The summed E-state index contributed by atoms with van der Waals surface area (Å²) in [4.78, 5) is 0. The normalized spacial score (nSPS) is 16.3. The fourth-order valence-electron chi connectivity index (χ4n) is 6.53. The Morgan fingerprint density at radius 3 is 1.26 bits per heavy atom. The highest BCUT2D eigenvalue weighted by Gasteiger charge is 2.58. The zero-order chi connectivity index (χ0) is 28.2. The molecule has 0 N–H and O–H groups in total. The molecule has 6 aromatic carbocycles. The summed E-state index contributed by atoms with van der Waals surface area (Å²) in [6, 6.07) is 66.2. The van der Waals surface area contributed by atoms with Crippen molar-refractivity contribution in [1.82, 2.24) is 0 Å².